The van der Waals surface area contributed by atoms with Crippen molar-refractivity contribution in [3.63, 3.8) is 0 Å². The summed E-state index contributed by atoms with van der Waals surface area (Å²) in [5.41, 5.74) is 3.30. The zero-order valence-corrected chi connectivity index (χ0v) is 24.9. The molecule has 1 aliphatic heterocycles. The summed E-state index contributed by atoms with van der Waals surface area (Å²) in [6, 6.07) is 11.1. The van der Waals surface area contributed by atoms with Crippen molar-refractivity contribution in [3.8, 4) is 18.1 Å². The number of rotatable bonds is 6. The number of ether oxygens (including phenoxy) is 2. The monoisotopic (exact) mass is 724 g/mol. The number of carbonyl (C=O) groups is 1. The van der Waals surface area contributed by atoms with E-state index in [1.165, 1.54) is 11.3 Å². The lowest BCUT2D eigenvalue weighted by molar-refractivity contribution is -0.139. The summed E-state index contributed by atoms with van der Waals surface area (Å²) >= 11 is 5.70. The Labute approximate surface area is 240 Å². The summed E-state index contributed by atoms with van der Waals surface area (Å²) in [6.07, 6.45) is 7.21. The second-order valence-electron chi connectivity index (χ2n) is 8.01. The molecular formula is C27H22I2N2O4S. The molecule has 3 aromatic rings. The van der Waals surface area contributed by atoms with Crippen molar-refractivity contribution >= 4 is 68.6 Å². The van der Waals surface area contributed by atoms with Gasteiger partial charge in [0.1, 0.15) is 12.4 Å². The molecule has 0 bridgehead atoms. The van der Waals surface area contributed by atoms with Crippen molar-refractivity contribution in [1.82, 2.24) is 4.57 Å². The molecule has 0 saturated carbocycles. The highest BCUT2D eigenvalue weighted by molar-refractivity contribution is 14.1. The van der Waals surface area contributed by atoms with Crippen LogP contribution in [0.1, 0.15) is 36.6 Å². The zero-order chi connectivity index (χ0) is 26.0. The fourth-order valence-electron chi connectivity index (χ4n) is 3.95. The van der Waals surface area contributed by atoms with Crippen LogP contribution in [0.15, 0.2) is 57.5 Å². The van der Waals surface area contributed by atoms with Crippen LogP contribution in [0.3, 0.4) is 0 Å². The molecule has 0 radical (unpaired) electrons. The van der Waals surface area contributed by atoms with Crippen LogP contribution in [-0.4, -0.2) is 23.8 Å². The molecule has 2 aromatic carbocycles. The molecule has 0 unspecified atom stereocenters. The number of carbonyl (C=O) groups excluding carboxylic acids is 1. The van der Waals surface area contributed by atoms with E-state index in [1.54, 1.807) is 24.5 Å². The number of nitrogens with zero attached hydrogens (tertiary/aromatic N) is 2. The van der Waals surface area contributed by atoms with Gasteiger partial charge in [-0.05, 0) is 89.7 Å². The second kappa shape index (κ2) is 11.3. The Kier molecular flexibility index (Phi) is 8.37. The number of thiazole rings is 1. The van der Waals surface area contributed by atoms with Crippen LogP contribution in [0.5, 0.6) is 5.75 Å². The Morgan fingerprint density at radius 2 is 1.97 bits per heavy atom. The van der Waals surface area contributed by atoms with Gasteiger partial charge >= 0.3 is 5.97 Å². The maximum atomic E-state index is 13.8. The SMILES string of the molecule is C#CCOc1c(I)cc(I)cc1/C=c1\sc2n(c1=O)[C@H](c1ccc(C)cc1)C(C(=O)OCC)=C(C)N=2. The molecule has 1 aliphatic rings. The molecule has 2 heterocycles. The van der Waals surface area contributed by atoms with Gasteiger partial charge in [0.2, 0.25) is 0 Å². The molecular weight excluding hydrogens is 702 g/mol. The first-order chi connectivity index (χ1) is 17.2. The number of halogens is 2. The van der Waals surface area contributed by atoms with Crippen LogP contribution in [0.25, 0.3) is 6.08 Å². The summed E-state index contributed by atoms with van der Waals surface area (Å²) in [4.78, 5) is 32.0. The number of terminal acetylenes is 1. The Balaban J connectivity index is 1.96. The molecule has 0 N–H and O–H groups in total. The summed E-state index contributed by atoms with van der Waals surface area (Å²) in [6.45, 7) is 5.87. The van der Waals surface area contributed by atoms with E-state index in [9.17, 15) is 9.59 Å². The van der Waals surface area contributed by atoms with Crippen LogP contribution in [0.2, 0.25) is 0 Å². The Bertz CT molecular complexity index is 1590. The van der Waals surface area contributed by atoms with E-state index in [0.29, 0.717) is 26.4 Å². The number of allylic oxidation sites excluding steroid dienone is 1. The van der Waals surface area contributed by atoms with Crippen molar-refractivity contribution in [2.75, 3.05) is 13.2 Å². The standard InChI is InChI=1S/C27H22I2N2O4S/c1-5-11-35-24-18(12-19(28)14-20(24)29)13-21-25(32)31-23(17-9-7-15(3)8-10-17)22(26(33)34-6-2)16(4)30-27(31)36-21/h1,7-10,12-14,23H,6,11H2,2-4H3/b21-13-/t23-/m1/s1. The molecule has 4 rings (SSSR count). The Hall–Kier alpha value is -2.43. The van der Waals surface area contributed by atoms with Crippen molar-refractivity contribution in [3.05, 3.63) is 91.2 Å². The van der Waals surface area contributed by atoms with Crippen molar-refractivity contribution in [2.45, 2.75) is 26.8 Å². The number of fused-ring (bicyclic) bond motifs is 1. The molecule has 0 spiro atoms. The lowest BCUT2D eigenvalue weighted by Crippen LogP contribution is -2.39. The minimum Gasteiger partial charge on any atom is -0.479 e. The van der Waals surface area contributed by atoms with Gasteiger partial charge in [-0.2, -0.15) is 0 Å². The number of hydrogen-bond donors (Lipinski definition) is 0. The molecule has 1 atom stereocenters. The van der Waals surface area contributed by atoms with Crippen LogP contribution in [0.4, 0.5) is 0 Å². The Morgan fingerprint density at radius 3 is 2.64 bits per heavy atom. The number of benzene rings is 2. The highest BCUT2D eigenvalue weighted by Crippen LogP contribution is 2.31. The smallest absolute Gasteiger partial charge is 0.338 e. The number of aromatic nitrogens is 1. The summed E-state index contributed by atoms with van der Waals surface area (Å²) < 4.78 is 15.1. The predicted octanol–water partition coefficient (Wildman–Crippen LogP) is 4.33. The van der Waals surface area contributed by atoms with E-state index >= 15 is 0 Å². The van der Waals surface area contributed by atoms with Gasteiger partial charge in [0, 0.05) is 9.13 Å². The Morgan fingerprint density at radius 1 is 1.25 bits per heavy atom. The fraction of sp³-hybridized carbons (Fsp3) is 0.222. The van der Waals surface area contributed by atoms with Crippen LogP contribution >= 0.6 is 56.5 Å². The maximum absolute atomic E-state index is 13.8. The molecule has 36 heavy (non-hydrogen) atoms. The van der Waals surface area contributed by atoms with E-state index in [-0.39, 0.29) is 18.8 Å². The highest BCUT2D eigenvalue weighted by atomic mass is 127. The first-order valence-corrected chi connectivity index (χ1v) is 14.0. The summed E-state index contributed by atoms with van der Waals surface area (Å²) in [5.74, 6) is 2.64. The van der Waals surface area contributed by atoms with Gasteiger partial charge in [-0.15, -0.1) is 6.42 Å². The van der Waals surface area contributed by atoms with Crippen molar-refractivity contribution in [2.24, 2.45) is 4.99 Å². The number of aryl methyl sites for hydroxylation is 1. The van der Waals surface area contributed by atoms with Crippen molar-refractivity contribution in [1.29, 1.82) is 0 Å². The van der Waals surface area contributed by atoms with Crippen LogP contribution in [0, 0.1) is 26.4 Å². The molecule has 9 heteroatoms. The number of hydrogen-bond acceptors (Lipinski definition) is 6. The average molecular weight is 724 g/mol. The van der Waals surface area contributed by atoms with E-state index in [2.05, 4.69) is 56.1 Å². The quantitative estimate of drug-likeness (QED) is 0.216. The third-order valence-corrected chi connectivity index (χ3v) is 7.94. The van der Waals surface area contributed by atoms with E-state index in [1.807, 2.05) is 43.3 Å². The van der Waals surface area contributed by atoms with Crippen LogP contribution < -0.4 is 19.6 Å². The van der Waals surface area contributed by atoms with Gasteiger partial charge in [-0.1, -0.05) is 47.1 Å². The van der Waals surface area contributed by atoms with Gasteiger partial charge in [-0.3, -0.25) is 9.36 Å². The second-order valence-corrected chi connectivity index (χ2v) is 11.4. The third kappa shape index (κ3) is 5.31. The maximum Gasteiger partial charge on any atom is 0.338 e. The topological polar surface area (TPSA) is 69.9 Å². The predicted molar refractivity (Wildman–Crippen MR) is 158 cm³/mol. The summed E-state index contributed by atoms with van der Waals surface area (Å²) in [7, 11) is 0. The molecule has 6 nitrogen and oxygen atoms in total. The normalized spacial score (nSPS) is 15.2. The molecule has 1 aromatic heterocycles. The minimum absolute atomic E-state index is 0.119. The molecule has 0 amide bonds. The summed E-state index contributed by atoms with van der Waals surface area (Å²) in [5, 5.41) is 0. The minimum atomic E-state index is -0.642. The van der Waals surface area contributed by atoms with Gasteiger partial charge in [0.05, 0.1) is 32.0 Å². The van der Waals surface area contributed by atoms with E-state index < -0.39 is 12.0 Å². The first kappa shape index (κ1) is 26.6. The zero-order valence-electron chi connectivity index (χ0n) is 19.8. The van der Waals surface area contributed by atoms with Gasteiger partial charge in [-0.25, -0.2) is 9.79 Å². The third-order valence-electron chi connectivity index (χ3n) is 5.53. The van der Waals surface area contributed by atoms with Crippen molar-refractivity contribution < 1.29 is 14.3 Å². The van der Waals surface area contributed by atoms with E-state index in [0.717, 1.165) is 23.8 Å². The lowest BCUT2D eigenvalue weighted by Gasteiger charge is -2.24. The fourth-order valence-corrected chi connectivity index (χ4v) is 7.03. The van der Waals surface area contributed by atoms with Gasteiger partial charge < -0.3 is 9.47 Å². The van der Waals surface area contributed by atoms with Gasteiger partial charge in [0.15, 0.2) is 4.80 Å². The largest absolute Gasteiger partial charge is 0.479 e. The molecule has 184 valence electrons. The highest BCUT2D eigenvalue weighted by Gasteiger charge is 2.33. The van der Waals surface area contributed by atoms with E-state index in [4.69, 9.17) is 15.9 Å². The number of esters is 1. The van der Waals surface area contributed by atoms with Crippen LogP contribution in [-0.2, 0) is 9.53 Å². The molecule has 0 fully saturated rings. The molecule has 0 aliphatic carbocycles. The first-order valence-electron chi connectivity index (χ1n) is 11.1. The molecule has 0 saturated heterocycles. The lowest BCUT2D eigenvalue weighted by atomic mass is 9.95. The average Bonchev–Trinajstić information content (AvgIpc) is 3.12. The van der Waals surface area contributed by atoms with Gasteiger partial charge in [0.25, 0.3) is 5.56 Å².